The summed E-state index contributed by atoms with van der Waals surface area (Å²) in [6.45, 7) is 7.93. The van der Waals surface area contributed by atoms with Crippen LogP contribution in [-0.4, -0.2) is 34.9 Å². The number of carbonyl (C=O) groups is 1. The van der Waals surface area contributed by atoms with Crippen molar-refractivity contribution in [1.82, 2.24) is 9.21 Å². The Morgan fingerprint density at radius 2 is 1.64 bits per heavy atom. The quantitative estimate of drug-likeness (QED) is 0.649. The molecule has 2 amide bonds. The largest absolute Gasteiger partial charge is 0.329 e. The number of amides is 2. The molecule has 0 fully saturated rings. The van der Waals surface area contributed by atoms with Crippen LogP contribution in [0, 0.1) is 0 Å². The molecule has 0 saturated carbocycles. The molecule has 0 N–H and O–H groups in total. The highest BCUT2D eigenvalue weighted by atomic mass is 32.1. The minimum absolute atomic E-state index is 0.0131. The molecule has 0 aliphatic carbocycles. The number of thiol groups is 1. The maximum absolute atomic E-state index is 11.3. The maximum Gasteiger partial charge on any atom is 0.329 e. The molecule has 0 aliphatic rings. The lowest BCUT2D eigenvalue weighted by Crippen LogP contribution is -2.38. The van der Waals surface area contributed by atoms with Crippen molar-refractivity contribution in [3.8, 4) is 0 Å². The minimum atomic E-state index is -0.0131. The zero-order valence-corrected chi connectivity index (χ0v) is 8.27. The third-order valence-electron chi connectivity index (χ3n) is 1.55. The highest BCUT2D eigenvalue weighted by molar-refractivity contribution is 7.78. The van der Waals surface area contributed by atoms with E-state index < -0.39 is 0 Å². The summed E-state index contributed by atoms with van der Waals surface area (Å²) in [5.74, 6) is 0. The summed E-state index contributed by atoms with van der Waals surface area (Å²) >= 11 is 4.01. The van der Waals surface area contributed by atoms with E-state index in [1.54, 1.807) is 4.90 Å². The molecule has 0 bridgehead atoms. The van der Waals surface area contributed by atoms with Gasteiger partial charge in [0.05, 0.1) is 0 Å². The van der Waals surface area contributed by atoms with Gasteiger partial charge in [0.25, 0.3) is 0 Å². The molecule has 0 saturated heterocycles. The Hall–Kier alpha value is -0.380. The number of rotatable bonds is 3. The molecule has 0 aromatic heterocycles. The lowest BCUT2D eigenvalue weighted by atomic mass is 10.5. The van der Waals surface area contributed by atoms with Crippen molar-refractivity contribution >= 4 is 18.8 Å². The Morgan fingerprint density at radius 1 is 1.18 bits per heavy atom. The van der Waals surface area contributed by atoms with Gasteiger partial charge in [0.2, 0.25) is 0 Å². The second-order valence-corrected chi connectivity index (χ2v) is 2.65. The van der Waals surface area contributed by atoms with E-state index in [0.29, 0.717) is 6.54 Å². The fourth-order valence-corrected chi connectivity index (χ4v) is 0.919. The van der Waals surface area contributed by atoms with E-state index in [4.69, 9.17) is 0 Å². The molecular formula is C7H16N2OS. The molecule has 0 rings (SSSR count). The normalized spacial score (nSPS) is 9.45. The summed E-state index contributed by atoms with van der Waals surface area (Å²) in [5.41, 5.74) is 0. The van der Waals surface area contributed by atoms with Crippen molar-refractivity contribution < 1.29 is 4.79 Å². The van der Waals surface area contributed by atoms with Gasteiger partial charge in [-0.2, -0.15) is 0 Å². The molecule has 0 heterocycles. The Kier molecular flexibility index (Phi) is 5.11. The lowest BCUT2D eigenvalue weighted by molar-refractivity contribution is 0.187. The van der Waals surface area contributed by atoms with Crippen LogP contribution in [0.15, 0.2) is 0 Å². The second kappa shape index (κ2) is 5.29. The summed E-state index contributed by atoms with van der Waals surface area (Å²) in [6, 6.07) is -0.0131. The van der Waals surface area contributed by atoms with Gasteiger partial charge in [0.15, 0.2) is 0 Å². The Labute approximate surface area is 73.9 Å². The Morgan fingerprint density at radius 3 is 1.91 bits per heavy atom. The number of urea groups is 1. The first-order chi connectivity index (χ1) is 5.17. The van der Waals surface area contributed by atoms with E-state index in [1.165, 1.54) is 4.31 Å². The van der Waals surface area contributed by atoms with E-state index in [-0.39, 0.29) is 6.03 Å². The van der Waals surface area contributed by atoms with Crippen molar-refractivity contribution in [1.29, 1.82) is 0 Å². The van der Waals surface area contributed by atoms with Crippen LogP contribution in [0.25, 0.3) is 0 Å². The zero-order chi connectivity index (χ0) is 8.85. The number of hydrogen-bond donors (Lipinski definition) is 1. The molecular weight excluding hydrogens is 160 g/mol. The van der Waals surface area contributed by atoms with Gasteiger partial charge in [-0.15, -0.1) is 0 Å². The van der Waals surface area contributed by atoms with Crippen LogP contribution in [0.5, 0.6) is 0 Å². The van der Waals surface area contributed by atoms with Crippen LogP contribution < -0.4 is 0 Å². The first-order valence-electron chi connectivity index (χ1n) is 3.92. The van der Waals surface area contributed by atoms with E-state index in [1.807, 2.05) is 20.8 Å². The first-order valence-corrected chi connectivity index (χ1v) is 4.32. The topological polar surface area (TPSA) is 23.6 Å². The summed E-state index contributed by atoms with van der Waals surface area (Å²) in [5, 5.41) is 0. The van der Waals surface area contributed by atoms with Gasteiger partial charge in [0.1, 0.15) is 0 Å². The third kappa shape index (κ3) is 3.01. The predicted octanol–water partition coefficient (Wildman–Crippen LogP) is 1.61. The summed E-state index contributed by atoms with van der Waals surface area (Å²) in [6.07, 6.45) is 0. The smallest absolute Gasteiger partial charge is 0.324 e. The standard InChI is InChI=1S/C7H16N2OS/c1-4-8(5-2)7(10)9(11)6-3/h11H,4-6H2,1-3H3. The van der Waals surface area contributed by atoms with E-state index >= 15 is 0 Å². The maximum atomic E-state index is 11.3. The molecule has 0 aliphatic heterocycles. The van der Waals surface area contributed by atoms with Crippen LogP contribution in [0.3, 0.4) is 0 Å². The van der Waals surface area contributed by atoms with Gasteiger partial charge in [-0.05, 0) is 20.8 Å². The average Bonchev–Trinajstić information content (AvgIpc) is 2.05. The Bertz CT molecular complexity index is 126. The van der Waals surface area contributed by atoms with Crippen molar-refractivity contribution in [3.63, 3.8) is 0 Å². The fourth-order valence-electron chi connectivity index (χ4n) is 0.793. The number of nitrogens with zero attached hydrogens (tertiary/aromatic N) is 2. The fraction of sp³-hybridized carbons (Fsp3) is 0.857. The molecule has 0 aromatic carbocycles. The zero-order valence-electron chi connectivity index (χ0n) is 7.37. The van der Waals surface area contributed by atoms with Crippen molar-refractivity contribution in [2.24, 2.45) is 0 Å². The molecule has 0 radical (unpaired) electrons. The van der Waals surface area contributed by atoms with E-state index in [0.717, 1.165) is 13.1 Å². The molecule has 3 nitrogen and oxygen atoms in total. The van der Waals surface area contributed by atoms with Gasteiger partial charge in [-0.1, -0.05) is 12.8 Å². The van der Waals surface area contributed by atoms with Crippen LogP contribution in [0.4, 0.5) is 4.79 Å². The second-order valence-electron chi connectivity index (χ2n) is 2.17. The minimum Gasteiger partial charge on any atom is -0.324 e. The van der Waals surface area contributed by atoms with Crippen molar-refractivity contribution in [2.75, 3.05) is 19.6 Å². The Balaban J connectivity index is 3.97. The van der Waals surface area contributed by atoms with Crippen LogP contribution in [-0.2, 0) is 0 Å². The monoisotopic (exact) mass is 176 g/mol. The summed E-state index contributed by atoms with van der Waals surface area (Å²) in [7, 11) is 0. The van der Waals surface area contributed by atoms with Crippen molar-refractivity contribution in [3.05, 3.63) is 0 Å². The SMILES string of the molecule is CCN(S)C(=O)N(CC)CC. The van der Waals surface area contributed by atoms with Gasteiger partial charge in [0, 0.05) is 19.6 Å². The molecule has 0 spiro atoms. The molecule has 0 aromatic rings. The van der Waals surface area contributed by atoms with Crippen LogP contribution in [0.1, 0.15) is 20.8 Å². The van der Waals surface area contributed by atoms with Gasteiger partial charge in [-0.25, -0.2) is 4.79 Å². The van der Waals surface area contributed by atoms with Gasteiger partial charge < -0.3 is 4.90 Å². The molecule has 0 atom stereocenters. The van der Waals surface area contributed by atoms with Crippen LogP contribution >= 0.6 is 12.8 Å². The molecule has 0 unspecified atom stereocenters. The van der Waals surface area contributed by atoms with E-state index in [2.05, 4.69) is 12.8 Å². The highest BCUT2D eigenvalue weighted by Crippen LogP contribution is 2.00. The highest BCUT2D eigenvalue weighted by Gasteiger charge is 2.12. The summed E-state index contributed by atoms with van der Waals surface area (Å²) in [4.78, 5) is 13.0. The van der Waals surface area contributed by atoms with Crippen LogP contribution in [0.2, 0.25) is 0 Å². The number of carbonyl (C=O) groups excluding carboxylic acids is 1. The van der Waals surface area contributed by atoms with Gasteiger partial charge >= 0.3 is 6.03 Å². The molecule has 66 valence electrons. The molecule has 4 heteroatoms. The van der Waals surface area contributed by atoms with E-state index in [9.17, 15) is 4.79 Å². The first kappa shape index (κ1) is 10.6. The molecule has 11 heavy (non-hydrogen) atoms. The average molecular weight is 176 g/mol. The summed E-state index contributed by atoms with van der Waals surface area (Å²) < 4.78 is 1.41. The van der Waals surface area contributed by atoms with Gasteiger partial charge in [-0.3, -0.25) is 4.31 Å². The van der Waals surface area contributed by atoms with Crippen molar-refractivity contribution in [2.45, 2.75) is 20.8 Å². The predicted molar refractivity (Wildman–Crippen MR) is 49.7 cm³/mol. The lowest BCUT2D eigenvalue weighted by Gasteiger charge is -2.23. The third-order valence-corrected chi connectivity index (χ3v) is 2.01. The number of hydrogen-bond acceptors (Lipinski definition) is 2.